The van der Waals surface area contributed by atoms with Crippen molar-refractivity contribution >= 4 is 27.3 Å². The summed E-state index contributed by atoms with van der Waals surface area (Å²) in [5.74, 6) is 0. The van der Waals surface area contributed by atoms with E-state index in [-0.39, 0.29) is 0 Å². The third kappa shape index (κ3) is 1.52. The maximum Gasteiger partial charge on any atom is 0.118 e. The predicted molar refractivity (Wildman–Crippen MR) is 37.4 cm³/mol. The monoisotopic (exact) mass is 192 g/mol. The van der Waals surface area contributed by atoms with Crippen LogP contribution in [0.15, 0.2) is 5.51 Å². The molecule has 0 aliphatic heterocycles. The van der Waals surface area contributed by atoms with Gasteiger partial charge in [-0.1, -0.05) is 15.9 Å². The fourth-order valence-corrected chi connectivity index (χ4v) is 1.55. The number of rotatable bonds is 2. The minimum atomic E-state index is 0.974. The number of nitrogens with zero attached hydrogens (tertiary/aromatic N) is 2. The first-order valence-electron chi connectivity index (χ1n) is 2.24. The van der Waals surface area contributed by atoms with Crippen molar-refractivity contribution < 1.29 is 0 Å². The first-order valence-corrected chi connectivity index (χ1v) is 4.24. The molecular formula is C4H5BrN2S. The van der Waals surface area contributed by atoms with Crippen molar-refractivity contribution in [3.8, 4) is 0 Å². The summed E-state index contributed by atoms with van der Waals surface area (Å²) in [4.78, 5) is 0. The molecule has 4 heteroatoms. The van der Waals surface area contributed by atoms with E-state index in [9.17, 15) is 0 Å². The van der Waals surface area contributed by atoms with Gasteiger partial charge >= 0.3 is 0 Å². The van der Waals surface area contributed by atoms with Gasteiger partial charge in [-0.3, -0.25) is 0 Å². The maximum absolute atomic E-state index is 3.84. The number of aromatic nitrogens is 2. The smallest absolute Gasteiger partial charge is 0.118 e. The van der Waals surface area contributed by atoms with Gasteiger partial charge in [0.2, 0.25) is 0 Å². The zero-order valence-corrected chi connectivity index (χ0v) is 6.57. The zero-order valence-electron chi connectivity index (χ0n) is 4.17. The average molecular weight is 193 g/mol. The van der Waals surface area contributed by atoms with Gasteiger partial charge in [-0.2, -0.15) is 0 Å². The molecule has 0 unspecified atom stereocenters. The summed E-state index contributed by atoms with van der Waals surface area (Å²) in [6, 6.07) is 0. The summed E-state index contributed by atoms with van der Waals surface area (Å²) in [6.07, 6.45) is 0.991. The minimum absolute atomic E-state index is 0.974. The Morgan fingerprint density at radius 2 is 2.62 bits per heavy atom. The molecule has 0 saturated heterocycles. The molecule has 0 atom stereocenters. The van der Waals surface area contributed by atoms with Crippen LogP contribution in [0.4, 0.5) is 0 Å². The molecule has 0 aromatic carbocycles. The number of aryl methyl sites for hydroxylation is 1. The van der Waals surface area contributed by atoms with Crippen LogP contribution in [0.5, 0.6) is 0 Å². The van der Waals surface area contributed by atoms with Crippen molar-refractivity contribution in [3.63, 3.8) is 0 Å². The molecule has 1 heterocycles. The molecule has 0 aliphatic carbocycles. The highest BCUT2D eigenvalue weighted by atomic mass is 79.9. The molecule has 0 aliphatic rings. The Hall–Kier alpha value is 0.0400. The standard InChI is InChI=1S/C4H5BrN2S/c5-2-1-4-7-6-3-8-4/h3H,1-2H2. The van der Waals surface area contributed by atoms with Gasteiger partial charge in [0.05, 0.1) is 0 Å². The molecule has 1 rings (SSSR count). The largest absolute Gasteiger partial charge is 0.147 e. The Bertz CT molecular complexity index is 140. The summed E-state index contributed by atoms with van der Waals surface area (Å²) in [5, 5.41) is 9.61. The van der Waals surface area contributed by atoms with Crippen LogP contribution in [0.1, 0.15) is 5.01 Å². The van der Waals surface area contributed by atoms with E-state index in [1.54, 1.807) is 16.8 Å². The Morgan fingerprint density at radius 1 is 1.75 bits per heavy atom. The molecule has 8 heavy (non-hydrogen) atoms. The predicted octanol–water partition coefficient (Wildman–Crippen LogP) is 1.48. The second-order valence-electron chi connectivity index (χ2n) is 1.27. The van der Waals surface area contributed by atoms with Crippen LogP contribution < -0.4 is 0 Å². The Labute approximate surface area is 60.1 Å². The molecule has 0 fully saturated rings. The molecule has 44 valence electrons. The van der Waals surface area contributed by atoms with E-state index in [2.05, 4.69) is 26.1 Å². The molecule has 0 saturated carbocycles. The molecule has 0 spiro atoms. The van der Waals surface area contributed by atoms with Crippen LogP contribution in [0.2, 0.25) is 0 Å². The second-order valence-corrected chi connectivity index (χ2v) is 2.98. The van der Waals surface area contributed by atoms with E-state index in [1.807, 2.05) is 0 Å². The zero-order chi connectivity index (χ0) is 5.82. The Balaban J connectivity index is 2.50. The van der Waals surface area contributed by atoms with Crippen molar-refractivity contribution in [2.45, 2.75) is 6.42 Å². The third-order valence-corrected chi connectivity index (χ3v) is 1.87. The van der Waals surface area contributed by atoms with Crippen LogP contribution in [0.25, 0.3) is 0 Å². The van der Waals surface area contributed by atoms with Gasteiger partial charge in [-0.05, 0) is 0 Å². The number of halogens is 1. The van der Waals surface area contributed by atoms with Crippen LogP contribution in [-0.4, -0.2) is 15.5 Å². The fourth-order valence-electron chi connectivity index (χ4n) is 0.386. The first-order chi connectivity index (χ1) is 3.93. The van der Waals surface area contributed by atoms with Crippen LogP contribution in [-0.2, 0) is 6.42 Å². The molecule has 2 nitrogen and oxygen atoms in total. The lowest BCUT2D eigenvalue weighted by Gasteiger charge is -1.81. The van der Waals surface area contributed by atoms with Crippen molar-refractivity contribution in [1.29, 1.82) is 0 Å². The number of hydrogen-bond acceptors (Lipinski definition) is 3. The van der Waals surface area contributed by atoms with E-state index in [1.165, 1.54) is 0 Å². The molecule has 1 aromatic rings. The highest BCUT2D eigenvalue weighted by Gasteiger charge is 1.91. The van der Waals surface area contributed by atoms with Gasteiger partial charge < -0.3 is 0 Å². The van der Waals surface area contributed by atoms with Crippen molar-refractivity contribution in [3.05, 3.63) is 10.5 Å². The second kappa shape index (κ2) is 3.14. The summed E-state index contributed by atoms with van der Waals surface area (Å²) in [7, 11) is 0. The Kier molecular flexibility index (Phi) is 2.42. The number of alkyl halides is 1. The number of hydrogen-bond donors (Lipinski definition) is 0. The minimum Gasteiger partial charge on any atom is -0.147 e. The fraction of sp³-hybridized carbons (Fsp3) is 0.500. The molecule has 1 aromatic heterocycles. The molecule has 0 amide bonds. The third-order valence-electron chi connectivity index (χ3n) is 0.714. The quantitative estimate of drug-likeness (QED) is 0.664. The average Bonchev–Trinajstić information content (AvgIpc) is 2.19. The van der Waals surface area contributed by atoms with Gasteiger partial charge in [0.25, 0.3) is 0 Å². The van der Waals surface area contributed by atoms with Gasteiger partial charge in [0, 0.05) is 11.8 Å². The van der Waals surface area contributed by atoms with Gasteiger partial charge in [0.1, 0.15) is 10.5 Å². The van der Waals surface area contributed by atoms with E-state index in [0.29, 0.717) is 0 Å². The van der Waals surface area contributed by atoms with E-state index < -0.39 is 0 Å². The van der Waals surface area contributed by atoms with E-state index >= 15 is 0 Å². The van der Waals surface area contributed by atoms with Gasteiger partial charge in [-0.15, -0.1) is 21.5 Å². The van der Waals surface area contributed by atoms with E-state index in [0.717, 1.165) is 16.8 Å². The van der Waals surface area contributed by atoms with Crippen molar-refractivity contribution in [2.24, 2.45) is 0 Å². The van der Waals surface area contributed by atoms with Crippen LogP contribution in [0.3, 0.4) is 0 Å². The van der Waals surface area contributed by atoms with Crippen molar-refractivity contribution in [2.75, 3.05) is 5.33 Å². The summed E-state index contributed by atoms with van der Waals surface area (Å²) in [5.41, 5.74) is 1.75. The lowest BCUT2D eigenvalue weighted by atomic mass is 10.5. The van der Waals surface area contributed by atoms with Crippen LogP contribution in [0, 0.1) is 0 Å². The molecule has 0 N–H and O–H groups in total. The topological polar surface area (TPSA) is 25.8 Å². The lowest BCUT2D eigenvalue weighted by Crippen LogP contribution is -1.82. The highest BCUT2D eigenvalue weighted by Crippen LogP contribution is 2.02. The lowest BCUT2D eigenvalue weighted by molar-refractivity contribution is 0.992. The first kappa shape index (κ1) is 6.16. The van der Waals surface area contributed by atoms with Crippen molar-refractivity contribution in [1.82, 2.24) is 10.2 Å². The molecule has 0 bridgehead atoms. The highest BCUT2D eigenvalue weighted by molar-refractivity contribution is 9.09. The molecule has 0 radical (unpaired) electrons. The van der Waals surface area contributed by atoms with Gasteiger partial charge in [0.15, 0.2) is 0 Å². The SMILES string of the molecule is BrCCc1nncs1. The van der Waals surface area contributed by atoms with E-state index in [4.69, 9.17) is 0 Å². The van der Waals surface area contributed by atoms with Crippen LogP contribution >= 0.6 is 27.3 Å². The Morgan fingerprint density at radius 3 is 3.12 bits per heavy atom. The summed E-state index contributed by atoms with van der Waals surface area (Å²) >= 11 is 4.90. The summed E-state index contributed by atoms with van der Waals surface area (Å²) < 4.78 is 0. The molecular weight excluding hydrogens is 188 g/mol. The maximum atomic E-state index is 3.84. The normalized spacial score (nSPS) is 9.62. The van der Waals surface area contributed by atoms with Gasteiger partial charge in [-0.25, -0.2) is 0 Å². The summed E-state index contributed by atoms with van der Waals surface area (Å²) in [6.45, 7) is 0.